The van der Waals surface area contributed by atoms with Crippen molar-refractivity contribution in [3.05, 3.63) is 26.7 Å². The van der Waals surface area contributed by atoms with Crippen LogP contribution in [0, 0.1) is 5.82 Å². The monoisotopic (exact) mass is 202 g/mol. The predicted molar refractivity (Wildman–Crippen MR) is 50.6 cm³/mol. The molecule has 0 aliphatic heterocycles. The molecule has 0 aliphatic carbocycles. The SMILES string of the molecule is C[Si](C)(C)c1[nH]c(=O)[nH]c(=O)c1F. The van der Waals surface area contributed by atoms with E-state index < -0.39 is 25.1 Å². The quantitative estimate of drug-likeness (QED) is 0.617. The van der Waals surface area contributed by atoms with Crippen LogP contribution < -0.4 is 16.6 Å². The number of rotatable bonds is 1. The average molecular weight is 202 g/mol. The number of halogens is 1. The predicted octanol–water partition coefficient (Wildman–Crippen LogP) is -0.253. The summed E-state index contributed by atoms with van der Waals surface area (Å²) < 4.78 is 13.2. The second kappa shape index (κ2) is 2.95. The lowest BCUT2D eigenvalue weighted by Crippen LogP contribution is -2.49. The van der Waals surface area contributed by atoms with Crippen LogP contribution in [-0.2, 0) is 0 Å². The summed E-state index contributed by atoms with van der Waals surface area (Å²) >= 11 is 0. The molecule has 4 nitrogen and oxygen atoms in total. The van der Waals surface area contributed by atoms with Crippen molar-refractivity contribution in [3.63, 3.8) is 0 Å². The van der Waals surface area contributed by atoms with Crippen LogP contribution in [0.4, 0.5) is 4.39 Å². The average Bonchev–Trinajstić information content (AvgIpc) is 1.94. The van der Waals surface area contributed by atoms with Gasteiger partial charge in [-0.25, -0.2) is 4.79 Å². The molecule has 0 atom stereocenters. The van der Waals surface area contributed by atoms with Crippen LogP contribution >= 0.6 is 0 Å². The lowest BCUT2D eigenvalue weighted by molar-refractivity contribution is 0.606. The number of hydrogen-bond acceptors (Lipinski definition) is 2. The molecule has 1 aromatic heterocycles. The molecule has 0 bridgehead atoms. The van der Waals surface area contributed by atoms with Gasteiger partial charge in [-0.1, -0.05) is 19.6 Å². The molecule has 1 aromatic rings. The molecule has 0 aromatic carbocycles. The summed E-state index contributed by atoms with van der Waals surface area (Å²) in [4.78, 5) is 25.9. The van der Waals surface area contributed by atoms with Gasteiger partial charge in [0.05, 0.1) is 0 Å². The fourth-order valence-corrected chi connectivity index (χ4v) is 2.25. The summed E-state index contributed by atoms with van der Waals surface area (Å²) in [5.74, 6) is -0.862. The summed E-state index contributed by atoms with van der Waals surface area (Å²) in [5.41, 5.74) is -1.59. The standard InChI is InChI=1S/C7H11FN2O2Si/c1-13(2,3)6-4(8)5(11)9-7(12)10-6/h1-3H3,(H2,9,10,11,12). The van der Waals surface area contributed by atoms with Crippen molar-refractivity contribution >= 4 is 13.4 Å². The van der Waals surface area contributed by atoms with E-state index in [0.717, 1.165) is 0 Å². The Morgan fingerprint density at radius 2 is 1.69 bits per heavy atom. The summed E-state index contributed by atoms with van der Waals surface area (Å²) in [6.07, 6.45) is 0. The van der Waals surface area contributed by atoms with Crippen molar-refractivity contribution in [1.82, 2.24) is 9.97 Å². The topological polar surface area (TPSA) is 65.7 Å². The van der Waals surface area contributed by atoms with Crippen molar-refractivity contribution in [2.75, 3.05) is 0 Å². The maximum atomic E-state index is 13.2. The van der Waals surface area contributed by atoms with E-state index in [1.165, 1.54) is 0 Å². The minimum absolute atomic E-state index is 0.168. The summed E-state index contributed by atoms with van der Waals surface area (Å²) in [6.45, 7) is 5.54. The second-order valence-corrected chi connectivity index (χ2v) is 8.85. The summed E-state index contributed by atoms with van der Waals surface area (Å²) in [6, 6.07) is 0. The van der Waals surface area contributed by atoms with Gasteiger partial charge in [0.25, 0.3) is 5.56 Å². The van der Waals surface area contributed by atoms with Crippen LogP contribution in [-0.4, -0.2) is 18.0 Å². The van der Waals surface area contributed by atoms with Crippen LogP contribution in [0.25, 0.3) is 0 Å². The van der Waals surface area contributed by atoms with E-state index in [1.807, 2.05) is 24.6 Å². The third kappa shape index (κ3) is 1.94. The van der Waals surface area contributed by atoms with Crippen LogP contribution in [0.15, 0.2) is 9.59 Å². The minimum atomic E-state index is -1.99. The van der Waals surface area contributed by atoms with Crippen molar-refractivity contribution < 1.29 is 4.39 Å². The van der Waals surface area contributed by atoms with E-state index >= 15 is 0 Å². The Hall–Kier alpha value is -1.17. The van der Waals surface area contributed by atoms with Gasteiger partial charge >= 0.3 is 5.69 Å². The zero-order valence-electron chi connectivity index (χ0n) is 7.69. The molecule has 2 N–H and O–H groups in total. The highest BCUT2D eigenvalue weighted by Gasteiger charge is 2.23. The largest absolute Gasteiger partial charge is 0.325 e. The van der Waals surface area contributed by atoms with Gasteiger partial charge in [0.15, 0.2) is 0 Å². The fraction of sp³-hybridized carbons (Fsp3) is 0.429. The van der Waals surface area contributed by atoms with E-state index in [4.69, 9.17) is 0 Å². The third-order valence-electron chi connectivity index (χ3n) is 1.63. The van der Waals surface area contributed by atoms with Gasteiger partial charge < -0.3 is 4.98 Å². The number of nitrogens with one attached hydrogen (secondary N) is 2. The zero-order chi connectivity index (χ0) is 10.2. The summed E-state index contributed by atoms with van der Waals surface area (Å²) in [5, 5.41) is 0.168. The highest BCUT2D eigenvalue weighted by atomic mass is 28.3. The first-order valence-corrected chi connectivity index (χ1v) is 7.35. The first kappa shape index (κ1) is 9.91. The first-order valence-electron chi connectivity index (χ1n) is 3.85. The van der Waals surface area contributed by atoms with Crippen molar-refractivity contribution in [2.24, 2.45) is 0 Å². The van der Waals surface area contributed by atoms with Crippen molar-refractivity contribution in [3.8, 4) is 0 Å². The molecule has 0 saturated heterocycles. The molecule has 0 amide bonds. The Balaban J connectivity index is 3.56. The molecule has 0 saturated carbocycles. The molecule has 13 heavy (non-hydrogen) atoms. The lowest BCUT2D eigenvalue weighted by Gasteiger charge is -2.15. The first-order chi connectivity index (χ1) is 5.82. The smallest absolute Gasteiger partial charge is 0.312 e. The van der Waals surface area contributed by atoms with E-state index in [9.17, 15) is 14.0 Å². The number of H-pyrrole nitrogens is 2. The van der Waals surface area contributed by atoms with E-state index in [2.05, 4.69) is 4.98 Å². The molecule has 1 rings (SSSR count). The van der Waals surface area contributed by atoms with E-state index in [-0.39, 0.29) is 5.32 Å². The molecule has 0 fully saturated rings. The number of hydrogen-bond donors (Lipinski definition) is 2. The molecular weight excluding hydrogens is 191 g/mol. The molecular formula is C7H11FN2O2Si. The van der Waals surface area contributed by atoms with Gasteiger partial charge in [0.1, 0.15) is 8.07 Å². The Labute approximate surface area is 74.8 Å². The van der Waals surface area contributed by atoms with Gasteiger partial charge in [-0.05, 0) is 0 Å². The molecule has 0 radical (unpaired) electrons. The Kier molecular flexibility index (Phi) is 2.25. The molecule has 0 spiro atoms. The highest BCUT2D eigenvalue weighted by molar-refractivity contribution is 6.88. The minimum Gasteiger partial charge on any atom is -0.312 e. The molecule has 1 heterocycles. The molecule has 72 valence electrons. The van der Waals surface area contributed by atoms with Gasteiger partial charge in [0.2, 0.25) is 5.82 Å². The Morgan fingerprint density at radius 1 is 1.15 bits per heavy atom. The zero-order valence-corrected chi connectivity index (χ0v) is 8.69. The Morgan fingerprint density at radius 3 is 2.15 bits per heavy atom. The molecule has 0 unspecified atom stereocenters. The molecule has 6 heteroatoms. The number of aromatic amines is 2. The van der Waals surface area contributed by atoms with E-state index in [0.29, 0.717) is 0 Å². The maximum absolute atomic E-state index is 13.2. The van der Waals surface area contributed by atoms with Gasteiger partial charge in [0, 0.05) is 5.32 Å². The van der Waals surface area contributed by atoms with Crippen LogP contribution in [0.2, 0.25) is 19.6 Å². The van der Waals surface area contributed by atoms with Crippen molar-refractivity contribution in [1.29, 1.82) is 0 Å². The highest BCUT2D eigenvalue weighted by Crippen LogP contribution is 1.98. The van der Waals surface area contributed by atoms with Gasteiger partial charge in [-0.3, -0.25) is 9.78 Å². The van der Waals surface area contributed by atoms with Gasteiger partial charge in [-0.2, -0.15) is 4.39 Å². The fourth-order valence-electron chi connectivity index (χ4n) is 0.988. The lowest BCUT2D eigenvalue weighted by atomic mass is 10.6. The molecule has 0 aliphatic rings. The van der Waals surface area contributed by atoms with Crippen LogP contribution in [0.3, 0.4) is 0 Å². The summed E-state index contributed by atoms with van der Waals surface area (Å²) in [7, 11) is -1.99. The normalized spacial score (nSPS) is 11.7. The van der Waals surface area contributed by atoms with E-state index in [1.54, 1.807) is 0 Å². The van der Waals surface area contributed by atoms with Crippen LogP contribution in [0.1, 0.15) is 0 Å². The Bertz CT molecular complexity index is 429. The van der Waals surface area contributed by atoms with Crippen LogP contribution in [0.5, 0.6) is 0 Å². The third-order valence-corrected chi connectivity index (χ3v) is 3.48. The maximum Gasteiger partial charge on any atom is 0.325 e. The van der Waals surface area contributed by atoms with Gasteiger partial charge in [-0.15, -0.1) is 0 Å². The van der Waals surface area contributed by atoms with Crippen molar-refractivity contribution in [2.45, 2.75) is 19.6 Å². The number of aromatic nitrogens is 2. The second-order valence-electron chi connectivity index (χ2n) is 3.85.